The van der Waals surface area contributed by atoms with E-state index < -0.39 is 98.4 Å². The Morgan fingerprint density at radius 1 is 0.463 bits per heavy atom. The van der Waals surface area contributed by atoms with Crippen LogP contribution in [-0.2, 0) is 33.2 Å². The second-order valence-electron chi connectivity index (χ2n) is 11.9. The zero-order valence-corrected chi connectivity index (χ0v) is 26.2. The third-order valence-electron chi connectivity index (χ3n) is 4.07. The first-order chi connectivity index (χ1) is 18.5. The summed E-state index contributed by atoms with van der Waals surface area (Å²) in [6.07, 6.45) is -3.86. The lowest BCUT2D eigenvalue weighted by Crippen LogP contribution is -2.43. The van der Waals surface area contributed by atoms with Gasteiger partial charge in [0, 0.05) is 0 Å². The highest BCUT2D eigenvalue weighted by Gasteiger charge is 2.26. The molecule has 41 heavy (non-hydrogen) atoms. The van der Waals surface area contributed by atoms with Gasteiger partial charge >= 0.3 is 18.3 Å². The molecule has 0 aliphatic carbocycles. The molecule has 0 fully saturated rings. The molecule has 0 aliphatic heterocycles. The number of amides is 6. The third kappa shape index (κ3) is 21.9. The summed E-state index contributed by atoms with van der Waals surface area (Å²) in [7, 11) is -3.55. The van der Waals surface area contributed by atoms with E-state index in [9.17, 15) is 33.3 Å². The maximum absolute atomic E-state index is 13.5. The van der Waals surface area contributed by atoms with Gasteiger partial charge in [-0.2, -0.15) is 0 Å². The molecule has 0 saturated heterocycles. The van der Waals surface area contributed by atoms with Gasteiger partial charge < -0.3 is 50.7 Å². The molecule has 17 heteroatoms. The van der Waals surface area contributed by atoms with Crippen LogP contribution in [0.25, 0.3) is 0 Å². The van der Waals surface area contributed by atoms with Crippen LogP contribution in [0.5, 0.6) is 0 Å². The van der Waals surface area contributed by atoms with Gasteiger partial charge in [0.15, 0.2) is 0 Å². The van der Waals surface area contributed by atoms with Crippen molar-refractivity contribution in [2.45, 2.75) is 79.1 Å². The van der Waals surface area contributed by atoms with Crippen molar-refractivity contribution in [2.75, 3.05) is 38.5 Å². The van der Waals surface area contributed by atoms with Crippen LogP contribution in [-0.4, -0.2) is 91.3 Å². The molecule has 16 nitrogen and oxygen atoms in total. The van der Waals surface area contributed by atoms with Crippen LogP contribution < -0.4 is 31.9 Å². The number of nitrogens with one attached hydrogen (secondary N) is 6. The summed E-state index contributed by atoms with van der Waals surface area (Å²) in [6.45, 7) is 13.4. The van der Waals surface area contributed by atoms with E-state index in [0.717, 1.165) is 0 Å². The highest BCUT2D eigenvalue weighted by Crippen LogP contribution is 2.41. The predicted molar refractivity (Wildman–Crippen MR) is 149 cm³/mol. The van der Waals surface area contributed by atoms with Crippen molar-refractivity contribution in [1.29, 1.82) is 0 Å². The van der Waals surface area contributed by atoms with Gasteiger partial charge in [-0.3, -0.25) is 14.4 Å². The van der Waals surface area contributed by atoms with Gasteiger partial charge in [-0.05, 0) is 62.3 Å². The van der Waals surface area contributed by atoms with Crippen LogP contribution in [0.1, 0.15) is 62.3 Å². The molecule has 0 aromatic carbocycles. The van der Waals surface area contributed by atoms with E-state index in [1.807, 2.05) is 0 Å². The van der Waals surface area contributed by atoms with Crippen LogP contribution in [0.15, 0.2) is 0 Å². The molecule has 236 valence electrons. The Bertz CT molecular complexity index is 875. The van der Waals surface area contributed by atoms with E-state index in [1.165, 1.54) is 0 Å². The van der Waals surface area contributed by atoms with Gasteiger partial charge in [0.05, 0.1) is 18.9 Å². The standard InChI is InChI=1S/C24H45N6O10P/c1-22(2,3)38-19(34)25-10-16(31)28-13-41(37,14-29-17(32)11-26-20(35)39-23(4,5)6)15-30-18(33)12-27-21(36)40-24(7,8)9/h10-15H2,1-9H3,(H,25,34)(H,26,35)(H,27,36)(H,28,31)(H,29,32)(H,30,33). The van der Waals surface area contributed by atoms with Crippen molar-refractivity contribution in [3.8, 4) is 0 Å². The SMILES string of the molecule is CC(C)(C)OC(=O)NCC(=O)NCP(=O)(CNC(=O)CNC(=O)OC(C)(C)C)CNC(=O)CNC(=O)OC(C)(C)C. The van der Waals surface area contributed by atoms with E-state index >= 15 is 0 Å². The Morgan fingerprint density at radius 2 is 0.683 bits per heavy atom. The molecular formula is C24H45N6O10P. The molecular weight excluding hydrogens is 563 g/mol. The third-order valence-corrected chi connectivity index (χ3v) is 6.27. The van der Waals surface area contributed by atoms with Crippen molar-refractivity contribution in [2.24, 2.45) is 0 Å². The summed E-state index contributed by atoms with van der Waals surface area (Å²) in [5.41, 5.74) is -2.32. The quantitative estimate of drug-likeness (QED) is 0.137. The average molecular weight is 609 g/mol. The summed E-state index contributed by atoms with van der Waals surface area (Å²) >= 11 is 0. The van der Waals surface area contributed by atoms with Crippen LogP contribution in [0.2, 0.25) is 0 Å². The minimum atomic E-state index is -3.55. The minimum Gasteiger partial charge on any atom is -0.444 e. The molecule has 6 amide bonds. The van der Waals surface area contributed by atoms with Crippen molar-refractivity contribution >= 4 is 43.1 Å². The summed E-state index contributed by atoms with van der Waals surface area (Å²) in [6, 6.07) is 0. The highest BCUT2D eigenvalue weighted by molar-refractivity contribution is 7.63. The summed E-state index contributed by atoms with van der Waals surface area (Å²) in [5.74, 6) is -2.11. The molecule has 6 N–H and O–H groups in total. The van der Waals surface area contributed by atoms with Crippen molar-refractivity contribution in [1.82, 2.24) is 31.9 Å². The Hall–Kier alpha value is -3.55. The number of hydrogen-bond donors (Lipinski definition) is 6. The van der Waals surface area contributed by atoms with E-state index in [4.69, 9.17) is 14.2 Å². The Labute approximate surface area is 240 Å². The van der Waals surface area contributed by atoms with Crippen molar-refractivity contribution < 1.29 is 47.5 Å². The van der Waals surface area contributed by atoms with Crippen LogP contribution in [0.4, 0.5) is 14.4 Å². The van der Waals surface area contributed by atoms with Gasteiger partial charge in [0.1, 0.15) is 43.6 Å². The molecule has 0 bridgehead atoms. The maximum Gasteiger partial charge on any atom is 0.408 e. The first-order valence-electron chi connectivity index (χ1n) is 12.8. The lowest BCUT2D eigenvalue weighted by Gasteiger charge is -2.22. The largest absolute Gasteiger partial charge is 0.444 e. The number of carbonyl (C=O) groups is 6. The Balaban J connectivity index is 5.08. The fourth-order valence-corrected chi connectivity index (χ4v) is 4.18. The molecule has 0 saturated carbocycles. The highest BCUT2D eigenvalue weighted by atomic mass is 31.2. The van der Waals surface area contributed by atoms with Gasteiger partial charge in [0.2, 0.25) is 17.7 Å². The van der Waals surface area contributed by atoms with E-state index in [2.05, 4.69) is 31.9 Å². The molecule has 0 spiro atoms. The van der Waals surface area contributed by atoms with Crippen LogP contribution in [0, 0.1) is 0 Å². The Kier molecular flexibility index (Phi) is 14.6. The van der Waals surface area contributed by atoms with Gasteiger partial charge in [-0.15, -0.1) is 0 Å². The summed E-state index contributed by atoms with van der Waals surface area (Å²) in [5, 5.41) is 13.9. The first kappa shape index (κ1) is 37.5. The molecule has 0 aliphatic rings. The second kappa shape index (κ2) is 16.0. The summed E-state index contributed by atoms with van der Waals surface area (Å²) in [4.78, 5) is 71.9. The monoisotopic (exact) mass is 608 g/mol. The number of alkyl carbamates (subject to hydrolysis) is 3. The average Bonchev–Trinajstić information content (AvgIpc) is 2.78. The smallest absolute Gasteiger partial charge is 0.408 e. The van der Waals surface area contributed by atoms with Crippen molar-refractivity contribution in [3.05, 3.63) is 0 Å². The van der Waals surface area contributed by atoms with Gasteiger partial charge in [-0.1, -0.05) is 0 Å². The number of hydrogen-bond acceptors (Lipinski definition) is 10. The molecule has 0 atom stereocenters. The number of ether oxygens (including phenoxy) is 3. The predicted octanol–water partition coefficient (Wildman–Crippen LogP) is 1.14. The minimum absolute atomic E-state index is 0.457. The molecule has 0 unspecified atom stereocenters. The second-order valence-corrected chi connectivity index (χ2v) is 15.0. The maximum atomic E-state index is 13.5. The number of rotatable bonds is 12. The fourth-order valence-electron chi connectivity index (χ4n) is 2.45. The molecule has 0 heterocycles. The van der Waals surface area contributed by atoms with E-state index in [1.54, 1.807) is 62.3 Å². The van der Waals surface area contributed by atoms with E-state index in [0.29, 0.717) is 0 Å². The van der Waals surface area contributed by atoms with E-state index in [-0.39, 0.29) is 0 Å². The van der Waals surface area contributed by atoms with Crippen LogP contribution in [0.3, 0.4) is 0 Å². The number of carbonyl (C=O) groups excluding carboxylic acids is 6. The zero-order valence-electron chi connectivity index (χ0n) is 25.3. The lowest BCUT2D eigenvalue weighted by atomic mass is 10.2. The summed E-state index contributed by atoms with van der Waals surface area (Å²) < 4.78 is 28.6. The zero-order chi connectivity index (χ0) is 32.1. The van der Waals surface area contributed by atoms with Gasteiger partial charge in [0.25, 0.3) is 0 Å². The van der Waals surface area contributed by atoms with Gasteiger partial charge in [-0.25, -0.2) is 14.4 Å². The van der Waals surface area contributed by atoms with Crippen molar-refractivity contribution in [3.63, 3.8) is 0 Å². The van der Waals surface area contributed by atoms with Crippen LogP contribution >= 0.6 is 7.14 Å². The first-order valence-corrected chi connectivity index (χ1v) is 15.0. The fraction of sp³-hybridized carbons (Fsp3) is 0.750. The molecule has 0 rings (SSSR count). The lowest BCUT2D eigenvalue weighted by molar-refractivity contribution is -0.120. The Morgan fingerprint density at radius 3 is 0.878 bits per heavy atom. The molecule has 0 radical (unpaired) electrons. The molecule has 0 aromatic heterocycles. The molecule has 0 aromatic rings. The topological polar surface area (TPSA) is 219 Å². The normalized spacial score (nSPS) is 11.8.